The zero-order valence-electron chi connectivity index (χ0n) is 8.20. The van der Waals surface area contributed by atoms with Crippen molar-refractivity contribution >= 4 is 21.7 Å². The van der Waals surface area contributed by atoms with Gasteiger partial charge in [-0.1, -0.05) is 0 Å². The Morgan fingerprint density at radius 2 is 2.07 bits per heavy atom. The minimum atomic E-state index is -0.522. The largest absolute Gasteiger partial charge is 0.381 e. The first-order valence-corrected chi connectivity index (χ1v) is 4.97. The van der Waals surface area contributed by atoms with Crippen LogP contribution in [0.5, 0.6) is 0 Å². The second-order valence-corrected chi connectivity index (χ2v) is 3.90. The number of halogens is 2. The highest BCUT2D eigenvalue weighted by Crippen LogP contribution is 2.30. The number of nitrogen functional groups attached to an aromatic ring is 1. The summed E-state index contributed by atoms with van der Waals surface area (Å²) in [5.41, 5.74) is 6.27. The lowest BCUT2D eigenvalue weighted by Gasteiger charge is -1.94. The summed E-state index contributed by atoms with van der Waals surface area (Å²) in [5.74, 6) is -0.507. The van der Waals surface area contributed by atoms with Crippen molar-refractivity contribution in [3.05, 3.63) is 16.6 Å². The molecule has 2 aromatic rings. The van der Waals surface area contributed by atoms with Crippen LogP contribution in [0.2, 0.25) is 0 Å². The maximum absolute atomic E-state index is 13.6. The molecule has 0 bridgehead atoms. The maximum Gasteiger partial charge on any atom is 0.192 e. The average Bonchev–Trinajstić information content (AvgIpc) is 2.64. The van der Waals surface area contributed by atoms with Crippen LogP contribution in [0.15, 0.2) is 10.8 Å². The standard InChI is InChI=1S/C8H9BrFN5/c1-14-7(9)4(3-12-14)6-5(10)8(11)15(2)13-6/h3H,11H2,1-2H3. The molecule has 0 aliphatic rings. The van der Waals surface area contributed by atoms with Gasteiger partial charge >= 0.3 is 0 Å². The Hall–Kier alpha value is -1.37. The van der Waals surface area contributed by atoms with Gasteiger partial charge < -0.3 is 5.73 Å². The van der Waals surface area contributed by atoms with Crippen LogP contribution in [0, 0.1) is 5.82 Å². The molecular formula is C8H9BrFN5. The van der Waals surface area contributed by atoms with Gasteiger partial charge in [-0.3, -0.25) is 4.68 Å². The Morgan fingerprint density at radius 1 is 1.40 bits per heavy atom. The molecule has 0 saturated heterocycles. The van der Waals surface area contributed by atoms with Crippen molar-refractivity contribution in [2.75, 3.05) is 5.73 Å². The van der Waals surface area contributed by atoms with Crippen LogP contribution in [0.1, 0.15) is 0 Å². The van der Waals surface area contributed by atoms with Crippen LogP contribution in [0.25, 0.3) is 11.3 Å². The Kier molecular flexibility index (Phi) is 2.26. The summed E-state index contributed by atoms with van der Waals surface area (Å²) in [6.45, 7) is 0. The SMILES string of the molecule is Cn1nc(-c2cnn(C)c2Br)c(F)c1N. The number of hydrogen-bond acceptors (Lipinski definition) is 3. The maximum atomic E-state index is 13.6. The molecule has 0 radical (unpaired) electrons. The van der Waals surface area contributed by atoms with E-state index in [-0.39, 0.29) is 11.5 Å². The summed E-state index contributed by atoms with van der Waals surface area (Å²) in [7, 11) is 3.34. The van der Waals surface area contributed by atoms with Gasteiger partial charge in [0, 0.05) is 14.1 Å². The van der Waals surface area contributed by atoms with E-state index in [1.54, 1.807) is 18.8 Å². The van der Waals surface area contributed by atoms with Gasteiger partial charge in [-0.25, -0.2) is 9.07 Å². The number of anilines is 1. The Morgan fingerprint density at radius 3 is 2.47 bits per heavy atom. The lowest BCUT2D eigenvalue weighted by atomic mass is 10.2. The Labute approximate surface area is 93.8 Å². The highest BCUT2D eigenvalue weighted by molar-refractivity contribution is 9.10. The van der Waals surface area contributed by atoms with Crippen LogP contribution in [-0.4, -0.2) is 19.6 Å². The lowest BCUT2D eigenvalue weighted by molar-refractivity contribution is 0.633. The summed E-state index contributed by atoms with van der Waals surface area (Å²) < 4.78 is 17.2. The van der Waals surface area contributed by atoms with Crippen LogP contribution in [-0.2, 0) is 14.1 Å². The van der Waals surface area contributed by atoms with Gasteiger partial charge in [-0.15, -0.1) is 0 Å². The quantitative estimate of drug-likeness (QED) is 0.852. The molecule has 0 aliphatic carbocycles. The molecule has 0 saturated carbocycles. The van der Waals surface area contributed by atoms with Crippen LogP contribution >= 0.6 is 15.9 Å². The molecule has 2 aromatic heterocycles. The molecule has 0 spiro atoms. The van der Waals surface area contributed by atoms with Crippen molar-refractivity contribution in [2.45, 2.75) is 0 Å². The second-order valence-electron chi connectivity index (χ2n) is 3.14. The molecule has 0 aromatic carbocycles. The Balaban J connectivity index is 2.64. The molecule has 0 atom stereocenters. The van der Waals surface area contributed by atoms with E-state index in [9.17, 15) is 4.39 Å². The number of rotatable bonds is 1. The number of nitrogens with zero attached hydrogens (tertiary/aromatic N) is 4. The van der Waals surface area contributed by atoms with Crippen molar-refractivity contribution in [1.82, 2.24) is 19.6 Å². The molecule has 7 heteroatoms. The van der Waals surface area contributed by atoms with E-state index >= 15 is 0 Å². The molecule has 2 N–H and O–H groups in total. The predicted molar refractivity (Wildman–Crippen MR) is 57.5 cm³/mol. The number of hydrogen-bond donors (Lipinski definition) is 1. The van der Waals surface area contributed by atoms with Crippen LogP contribution in [0.3, 0.4) is 0 Å². The molecule has 0 fully saturated rings. The zero-order chi connectivity index (χ0) is 11.2. The van der Waals surface area contributed by atoms with Gasteiger partial charge in [-0.05, 0) is 15.9 Å². The molecule has 0 aliphatic heterocycles. The van der Waals surface area contributed by atoms with Crippen LogP contribution < -0.4 is 5.73 Å². The predicted octanol–water partition coefficient (Wildman–Crippen LogP) is 1.30. The first kappa shape index (κ1) is 10.2. The molecule has 2 heterocycles. The summed E-state index contributed by atoms with van der Waals surface area (Å²) in [6, 6.07) is 0. The van der Waals surface area contributed by atoms with Gasteiger partial charge in [0.15, 0.2) is 11.6 Å². The molecule has 5 nitrogen and oxygen atoms in total. The topological polar surface area (TPSA) is 61.7 Å². The first-order valence-electron chi connectivity index (χ1n) is 4.18. The Bertz CT molecular complexity index is 515. The van der Waals surface area contributed by atoms with Gasteiger partial charge in [0.25, 0.3) is 0 Å². The third kappa shape index (κ3) is 1.43. The van der Waals surface area contributed by atoms with E-state index in [0.29, 0.717) is 10.2 Å². The second kappa shape index (κ2) is 3.34. The normalized spacial score (nSPS) is 10.9. The lowest BCUT2D eigenvalue weighted by Crippen LogP contribution is -1.97. The smallest absolute Gasteiger partial charge is 0.192 e. The minimum absolute atomic E-state index is 0.0146. The summed E-state index contributed by atoms with van der Waals surface area (Å²) in [4.78, 5) is 0. The highest BCUT2D eigenvalue weighted by atomic mass is 79.9. The fourth-order valence-corrected chi connectivity index (χ4v) is 1.65. The van der Waals surface area contributed by atoms with Crippen molar-refractivity contribution in [1.29, 1.82) is 0 Å². The highest BCUT2D eigenvalue weighted by Gasteiger charge is 2.19. The van der Waals surface area contributed by atoms with Crippen molar-refractivity contribution < 1.29 is 4.39 Å². The third-order valence-electron chi connectivity index (χ3n) is 2.15. The van der Waals surface area contributed by atoms with E-state index in [4.69, 9.17) is 5.73 Å². The van der Waals surface area contributed by atoms with Crippen molar-refractivity contribution in [2.24, 2.45) is 14.1 Å². The van der Waals surface area contributed by atoms with E-state index < -0.39 is 5.82 Å². The van der Waals surface area contributed by atoms with Crippen molar-refractivity contribution in [3.8, 4) is 11.3 Å². The number of nitrogens with two attached hydrogens (primary N) is 1. The summed E-state index contributed by atoms with van der Waals surface area (Å²) >= 11 is 3.30. The van der Waals surface area contributed by atoms with Gasteiger partial charge in [0.1, 0.15) is 10.3 Å². The fourth-order valence-electron chi connectivity index (χ4n) is 1.26. The van der Waals surface area contributed by atoms with E-state index in [1.165, 1.54) is 10.9 Å². The summed E-state index contributed by atoms with van der Waals surface area (Å²) in [5, 5.41) is 7.97. The minimum Gasteiger partial charge on any atom is -0.381 e. The molecular weight excluding hydrogens is 265 g/mol. The van der Waals surface area contributed by atoms with Gasteiger partial charge in [-0.2, -0.15) is 10.2 Å². The average molecular weight is 274 g/mol. The molecule has 2 rings (SSSR count). The molecule has 0 amide bonds. The summed E-state index contributed by atoms with van der Waals surface area (Å²) in [6.07, 6.45) is 1.54. The zero-order valence-corrected chi connectivity index (χ0v) is 9.79. The monoisotopic (exact) mass is 273 g/mol. The molecule has 0 unspecified atom stereocenters. The molecule has 80 valence electrons. The van der Waals surface area contributed by atoms with E-state index in [1.807, 2.05) is 0 Å². The number of aryl methyl sites for hydroxylation is 2. The first-order chi connectivity index (χ1) is 7.02. The fraction of sp³-hybridized carbons (Fsp3) is 0.250. The van der Waals surface area contributed by atoms with Gasteiger partial charge in [0.05, 0.1) is 11.8 Å². The van der Waals surface area contributed by atoms with Gasteiger partial charge in [0.2, 0.25) is 0 Å². The van der Waals surface area contributed by atoms with E-state index in [2.05, 4.69) is 26.1 Å². The van der Waals surface area contributed by atoms with Crippen molar-refractivity contribution in [3.63, 3.8) is 0 Å². The van der Waals surface area contributed by atoms with Crippen LogP contribution in [0.4, 0.5) is 10.2 Å². The molecule has 15 heavy (non-hydrogen) atoms. The third-order valence-corrected chi connectivity index (χ3v) is 3.09. The number of aromatic nitrogens is 4. The van der Waals surface area contributed by atoms with E-state index in [0.717, 1.165) is 0 Å².